The lowest BCUT2D eigenvalue weighted by Crippen LogP contribution is -2.29. The number of phenolic OH excluding ortho intramolecular Hbond substituents is 1. The first-order valence-corrected chi connectivity index (χ1v) is 11.3. The van der Waals surface area contributed by atoms with Gasteiger partial charge < -0.3 is 14.4 Å². The molecule has 168 valence electrons. The summed E-state index contributed by atoms with van der Waals surface area (Å²) in [6, 6.07) is 17.0. The van der Waals surface area contributed by atoms with Gasteiger partial charge in [0.1, 0.15) is 11.5 Å². The summed E-state index contributed by atoms with van der Waals surface area (Å²) in [6.45, 7) is 0.563. The highest BCUT2D eigenvalue weighted by atomic mass is 35.5. The molecule has 3 heterocycles. The molecular weight excluding hydrogens is 454 g/mol. The Kier molecular flexibility index (Phi) is 4.61. The number of nitrogens with zero attached hydrogens (tertiary/aromatic N) is 1. The molecule has 0 saturated carbocycles. The van der Waals surface area contributed by atoms with E-state index in [1.807, 2.05) is 18.2 Å². The lowest BCUT2D eigenvalue weighted by molar-refractivity contribution is -0.135. The van der Waals surface area contributed by atoms with Crippen LogP contribution in [0.15, 0.2) is 65.5 Å². The van der Waals surface area contributed by atoms with Gasteiger partial charge in [-0.3, -0.25) is 14.4 Å². The van der Waals surface area contributed by atoms with Crippen molar-refractivity contribution < 1.29 is 19.4 Å². The van der Waals surface area contributed by atoms with Crippen LogP contribution in [0.2, 0.25) is 5.02 Å². The lowest BCUT2D eigenvalue weighted by Gasteiger charge is -2.26. The number of ketones is 1. The van der Waals surface area contributed by atoms with Gasteiger partial charge >= 0.3 is 5.97 Å². The topological polar surface area (TPSA) is 85.6 Å². The zero-order valence-corrected chi connectivity index (χ0v) is 18.6. The minimum absolute atomic E-state index is 0.0664. The van der Waals surface area contributed by atoms with Crippen molar-refractivity contribution in [1.82, 2.24) is 4.57 Å². The molecule has 6 nitrogen and oxygen atoms in total. The highest BCUT2D eigenvalue weighted by Crippen LogP contribution is 2.45. The number of rotatable bonds is 3. The summed E-state index contributed by atoms with van der Waals surface area (Å²) in [7, 11) is 0. The van der Waals surface area contributed by atoms with Crippen molar-refractivity contribution in [1.29, 1.82) is 0 Å². The molecule has 0 amide bonds. The number of esters is 1. The van der Waals surface area contributed by atoms with Gasteiger partial charge in [0.05, 0.1) is 17.5 Å². The van der Waals surface area contributed by atoms with Crippen molar-refractivity contribution in [3.8, 4) is 11.5 Å². The third kappa shape index (κ3) is 3.06. The number of hydrogen-bond acceptors (Lipinski definition) is 5. The summed E-state index contributed by atoms with van der Waals surface area (Å²) in [4.78, 5) is 39.1. The minimum atomic E-state index is -0.737. The second-order valence-corrected chi connectivity index (χ2v) is 9.04. The third-order valence-electron chi connectivity index (χ3n) is 6.68. The molecule has 1 atom stereocenters. The van der Waals surface area contributed by atoms with Crippen molar-refractivity contribution in [2.75, 3.05) is 0 Å². The Labute approximate surface area is 199 Å². The van der Waals surface area contributed by atoms with Gasteiger partial charge in [-0.05, 0) is 59.8 Å². The Morgan fingerprint density at radius 3 is 2.65 bits per heavy atom. The molecule has 1 aromatic heterocycles. The predicted molar refractivity (Wildman–Crippen MR) is 127 cm³/mol. The number of pyridine rings is 1. The van der Waals surface area contributed by atoms with E-state index in [0.29, 0.717) is 22.7 Å². The van der Waals surface area contributed by atoms with Crippen LogP contribution in [0, 0.1) is 0 Å². The van der Waals surface area contributed by atoms with Gasteiger partial charge in [0.15, 0.2) is 5.78 Å². The van der Waals surface area contributed by atoms with Crippen LogP contribution in [0.5, 0.6) is 11.5 Å². The van der Waals surface area contributed by atoms with E-state index in [-0.39, 0.29) is 34.6 Å². The molecule has 0 fully saturated rings. The predicted octanol–water partition coefficient (Wildman–Crippen LogP) is 4.59. The van der Waals surface area contributed by atoms with E-state index >= 15 is 0 Å². The number of aromatic hydroxyl groups is 1. The van der Waals surface area contributed by atoms with Crippen molar-refractivity contribution >= 4 is 34.3 Å². The van der Waals surface area contributed by atoms with Crippen LogP contribution in [0.3, 0.4) is 0 Å². The molecule has 6 rings (SSSR count). The number of phenols is 1. The third-order valence-corrected chi connectivity index (χ3v) is 6.93. The van der Waals surface area contributed by atoms with Crippen LogP contribution in [0.1, 0.15) is 45.0 Å². The van der Waals surface area contributed by atoms with Gasteiger partial charge in [-0.2, -0.15) is 0 Å². The Hall–Kier alpha value is -3.90. The molecule has 0 bridgehead atoms. The van der Waals surface area contributed by atoms with Crippen LogP contribution in [-0.4, -0.2) is 21.4 Å². The summed E-state index contributed by atoms with van der Waals surface area (Å²) in [5, 5.41) is 12.6. The van der Waals surface area contributed by atoms with Gasteiger partial charge in [0.25, 0.3) is 5.56 Å². The van der Waals surface area contributed by atoms with Gasteiger partial charge in [0.2, 0.25) is 0 Å². The van der Waals surface area contributed by atoms with Crippen molar-refractivity contribution in [3.05, 3.63) is 104 Å². The van der Waals surface area contributed by atoms with Gasteiger partial charge in [-0.1, -0.05) is 29.8 Å². The molecule has 0 saturated heterocycles. The molecule has 0 spiro atoms. The van der Waals surface area contributed by atoms with Crippen LogP contribution < -0.4 is 10.3 Å². The maximum Gasteiger partial charge on any atom is 0.312 e. The number of carbonyl (C=O) groups excluding carboxylic acids is 2. The summed E-state index contributed by atoms with van der Waals surface area (Å²) < 4.78 is 7.11. The average molecular weight is 472 g/mol. The number of benzene rings is 3. The minimum Gasteiger partial charge on any atom is -0.507 e. The number of ether oxygens (including phenoxy) is 1. The normalized spacial score (nSPS) is 16.4. The number of aryl methyl sites for hydroxylation is 2. The smallest absolute Gasteiger partial charge is 0.312 e. The summed E-state index contributed by atoms with van der Waals surface area (Å²) in [6.07, 6.45) is 0.657. The van der Waals surface area contributed by atoms with E-state index in [1.54, 1.807) is 34.9 Å². The largest absolute Gasteiger partial charge is 0.507 e. The van der Waals surface area contributed by atoms with E-state index in [9.17, 15) is 19.5 Å². The summed E-state index contributed by atoms with van der Waals surface area (Å²) in [5.74, 6) is -1.76. The quantitative estimate of drug-likeness (QED) is 0.268. The molecule has 0 radical (unpaired) electrons. The molecule has 34 heavy (non-hydrogen) atoms. The van der Waals surface area contributed by atoms with E-state index in [4.69, 9.17) is 16.3 Å². The first-order valence-electron chi connectivity index (χ1n) is 10.9. The lowest BCUT2D eigenvalue weighted by atomic mass is 9.84. The molecule has 2 aliphatic rings. The molecule has 0 unspecified atom stereocenters. The maximum atomic E-state index is 13.5. The van der Waals surface area contributed by atoms with Crippen molar-refractivity contribution in [2.24, 2.45) is 0 Å². The molecule has 3 aromatic carbocycles. The van der Waals surface area contributed by atoms with Crippen LogP contribution >= 0.6 is 11.6 Å². The fourth-order valence-electron chi connectivity index (χ4n) is 5.09. The SMILES string of the molecule is O=C1C[C@@H](c2cc3cccc4c3n(c2=O)CC4)c2c(ccc(C(=O)c3ccc(Cl)cc3)c2O)O1. The Bertz CT molecular complexity index is 1590. The number of para-hydroxylation sites is 1. The number of aromatic nitrogens is 1. The van der Waals surface area contributed by atoms with E-state index in [0.717, 1.165) is 22.9 Å². The first-order chi connectivity index (χ1) is 16.4. The second kappa shape index (κ2) is 7.57. The van der Waals surface area contributed by atoms with Crippen molar-refractivity contribution in [3.63, 3.8) is 0 Å². The molecular formula is C27H18ClNO5. The fourth-order valence-corrected chi connectivity index (χ4v) is 5.22. The number of hydrogen-bond donors (Lipinski definition) is 1. The summed E-state index contributed by atoms with van der Waals surface area (Å²) >= 11 is 5.93. The molecule has 4 aromatic rings. The second-order valence-electron chi connectivity index (χ2n) is 8.60. The number of halogens is 1. The molecule has 0 aliphatic carbocycles. The first kappa shape index (κ1) is 20.7. The molecule has 1 N–H and O–H groups in total. The highest BCUT2D eigenvalue weighted by Gasteiger charge is 2.35. The maximum absolute atomic E-state index is 13.5. The van der Waals surface area contributed by atoms with Crippen LogP contribution in [0.4, 0.5) is 0 Å². The summed E-state index contributed by atoms with van der Waals surface area (Å²) in [5.41, 5.74) is 2.92. The molecule has 2 aliphatic heterocycles. The Balaban J connectivity index is 1.54. The zero-order valence-electron chi connectivity index (χ0n) is 17.9. The Morgan fingerprint density at radius 2 is 1.85 bits per heavy atom. The number of fused-ring (bicyclic) bond motifs is 1. The van der Waals surface area contributed by atoms with Gasteiger partial charge in [-0.15, -0.1) is 0 Å². The standard InChI is InChI=1S/C27H18ClNO5/c28-17-6-4-15(5-7-17)25(31)18-8-9-21-23(26(18)32)19(13-22(30)34-21)20-12-16-3-1-2-14-10-11-29(24(14)16)27(20)33/h1-9,12,19,32H,10-11,13H2/t19-/m0/s1. The monoisotopic (exact) mass is 471 g/mol. The van der Waals surface area contributed by atoms with E-state index < -0.39 is 17.7 Å². The van der Waals surface area contributed by atoms with Crippen molar-refractivity contribution in [2.45, 2.75) is 25.3 Å². The van der Waals surface area contributed by atoms with Gasteiger partial charge in [-0.25, -0.2) is 0 Å². The van der Waals surface area contributed by atoms with E-state index in [2.05, 4.69) is 0 Å². The zero-order chi connectivity index (χ0) is 23.6. The number of carbonyl (C=O) groups is 2. The van der Waals surface area contributed by atoms with Crippen LogP contribution in [0.25, 0.3) is 10.9 Å². The Morgan fingerprint density at radius 1 is 1.06 bits per heavy atom. The van der Waals surface area contributed by atoms with Crippen LogP contribution in [-0.2, 0) is 17.8 Å². The highest BCUT2D eigenvalue weighted by molar-refractivity contribution is 6.30. The average Bonchev–Trinajstić information content (AvgIpc) is 3.27. The van der Waals surface area contributed by atoms with E-state index in [1.165, 1.54) is 12.1 Å². The fraction of sp³-hybridized carbons (Fsp3) is 0.148. The molecule has 7 heteroatoms. The van der Waals surface area contributed by atoms with Gasteiger partial charge in [0, 0.05) is 34.2 Å².